The Morgan fingerprint density at radius 2 is 1.59 bits per heavy atom. The van der Waals surface area contributed by atoms with Crippen LogP contribution in [0.1, 0.15) is 56.6 Å². The first kappa shape index (κ1) is 22.4. The molecule has 1 heterocycles. The summed E-state index contributed by atoms with van der Waals surface area (Å²) in [6.45, 7) is 4.39. The third kappa shape index (κ3) is 3.93. The Morgan fingerprint density at radius 1 is 1.00 bits per heavy atom. The van der Waals surface area contributed by atoms with E-state index in [0.717, 1.165) is 22.3 Å². The molecule has 7 nitrogen and oxygen atoms in total. The molecule has 2 N–H and O–H groups in total. The van der Waals surface area contributed by atoms with Gasteiger partial charge in [0.1, 0.15) is 12.6 Å². The van der Waals surface area contributed by atoms with Crippen molar-refractivity contribution in [2.75, 3.05) is 13.2 Å². The lowest BCUT2D eigenvalue weighted by molar-refractivity contribution is -0.151. The molecule has 1 aliphatic heterocycles. The number of aliphatic carboxylic acids is 1. The van der Waals surface area contributed by atoms with E-state index in [4.69, 9.17) is 4.74 Å². The lowest BCUT2D eigenvalue weighted by Gasteiger charge is -2.30. The first-order valence-electron chi connectivity index (χ1n) is 11.9. The lowest BCUT2D eigenvalue weighted by atomic mass is 9.85. The van der Waals surface area contributed by atoms with Crippen LogP contribution in [0.5, 0.6) is 0 Å². The molecule has 34 heavy (non-hydrogen) atoms. The number of benzene rings is 2. The predicted octanol–water partition coefficient (Wildman–Crippen LogP) is 4.16. The smallest absolute Gasteiger partial charge is 0.407 e. The van der Waals surface area contributed by atoms with Crippen molar-refractivity contribution in [3.8, 4) is 11.1 Å². The molecule has 0 aromatic heterocycles. The summed E-state index contributed by atoms with van der Waals surface area (Å²) in [6.07, 6.45) is 1.55. The predicted molar refractivity (Wildman–Crippen MR) is 126 cm³/mol. The van der Waals surface area contributed by atoms with E-state index in [9.17, 15) is 19.5 Å². The third-order valence-electron chi connectivity index (χ3n) is 7.66. The van der Waals surface area contributed by atoms with Gasteiger partial charge in [0, 0.05) is 12.5 Å². The summed E-state index contributed by atoms with van der Waals surface area (Å²) in [5.41, 5.74) is 3.50. The molecule has 2 fully saturated rings. The van der Waals surface area contributed by atoms with Gasteiger partial charge < -0.3 is 20.1 Å². The molecular formula is C27H30N2O5. The van der Waals surface area contributed by atoms with Crippen molar-refractivity contribution in [2.24, 2.45) is 5.41 Å². The lowest BCUT2D eigenvalue weighted by Crippen LogP contribution is -2.49. The normalized spacial score (nSPS) is 21.5. The highest BCUT2D eigenvalue weighted by Crippen LogP contribution is 2.45. The van der Waals surface area contributed by atoms with E-state index >= 15 is 0 Å². The van der Waals surface area contributed by atoms with Crippen LogP contribution >= 0.6 is 0 Å². The monoisotopic (exact) mass is 462 g/mol. The summed E-state index contributed by atoms with van der Waals surface area (Å²) in [5, 5.41) is 12.6. The van der Waals surface area contributed by atoms with Crippen molar-refractivity contribution in [3.05, 3.63) is 59.7 Å². The highest BCUT2D eigenvalue weighted by molar-refractivity contribution is 5.86. The van der Waals surface area contributed by atoms with E-state index in [-0.39, 0.29) is 24.9 Å². The van der Waals surface area contributed by atoms with Gasteiger partial charge in [0.2, 0.25) is 5.91 Å². The van der Waals surface area contributed by atoms with Crippen LogP contribution in [0.15, 0.2) is 48.5 Å². The Bertz CT molecular complexity index is 1110. The van der Waals surface area contributed by atoms with Crippen LogP contribution in [-0.4, -0.2) is 52.7 Å². The van der Waals surface area contributed by atoms with Crippen LogP contribution in [0.3, 0.4) is 0 Å². The van der Waals surface area contributed by atoms with Gasteiger partial charge in [-0.25, -0.2) is 9.59 Å². The second-order valence-electron chi connectivity index (χ2n) is 10.5. The number of nitrogens with zero attached hydrogens (tertiary/aromatic N) is 1. The summed E-state index contributed by atoms with van der Waals surface area (Å²) in [6, 6.07) is 15.5. The van der Waals surface area contributed by atoms with Crippen molar-refractivity contribution >= 4 is 18.0 Å². The number of carboxylic acids is 1. The summed E-state index contributed by atoms with van der Waals surface area (Å²) in [5.74, 6) is -1.24. The second kappa shape index (κ2) is 8.15. The minimum absolute atomic E-state index is 0.0295. The number of rotatable bonds is 6. The zero-order chi connectivity index (χ0) is 24.1. The molecule has 2 aliphatic carbocycles. The van der Waals surface area contributed by atoms with Gasteiger partial charge >= 0.3 is 12.1 Å². The Morgan fingerprint density at radius 3 is 2.15 bits per heavy atom. The van der Waals surface area contributed by atoms with Gasteiger partial charge in [0.05, 0.1) is 12.0 Å². The molecule has 1 saturated heterocycles. The number of likely N-dealkylation sites (tertiary alicyclic amines) is 1. The number of carbonyl (C=O) groups excluding carboxylic acids is 2. The SMILES string of the molecule is CC1(C)CCN(C(=O)CC2(NC(=O)OCC3c4ccccc4-c4ccccc43)CC2)C1C(=O)O. The Balaban J connectivity index is 1.21. The van der Waals surface area contributed by atoms with Gasteiger partial charge in [-0.2, -0.15) is 0 Å². The molecule has 0 spiro atoms. The van der Waals surface area contributed by atoms with E-state index < -0.39 is 29.1 Å². The number of carbonyl (C=O) groups is 3. The summed E-state index contributed by atoms with van der Waals surface area (Å²) < 4.78 is 5.65. The average molecular weight is 463 g/mol. The number of ether oxygens (including phenoxy) is 1. The maximum Gasteiger partial charge on any atom is 0.407 e. The van der Waals surface area contributed by atoms with Crippen LogP contribution in [0.4, 0.5) is 4.79 Å². The van der Waals surface area contributed by atoms with Gasteiger partial charge in [-0.3, -0.25) is 4.79 Å². The number of carboxylic acid groups (broad SMARTS) is 1. The molecule has 0 bridgehead atoms. The minimum Gasteiger partial charge on any atom is -0.480 e. The molecule has 1 atom stereocenters. The minimum atomic E-state index is -0.981. The quantitative estimate of drug-likeness (QED) is 0.672. The van der Waals surface area contributed by atoms with Crippen LogP contribution < -0.4 is 5.32 Å². The van der Waals surface area contributed by atoms with Crippen LogP contribution in [0.2, 0.25) is 0 Å². The third-order valence-corrected chi connectivity index (χ3v) is 7.66. The molecule has 7 heteroatoms. The van der Waals surface area contributed by atoms with Crippen molar-refractivity contribution < 1.29 is 24.2 Å². The van der Waals surface area contributed by atoms with Gasteiger partial charge in [0.25, 0.3) is 0 Å². The van der Waals surface area contributed by atoms with E-state index in [1.54, 1.807) is 0 Å². The van der Waals surface area contributed by atoms with Gasteiger partial charge in [-0.1, -0.05) is 62.4 Å². The number of amides is 2. The van der Waals surface area contributed by atoms with Crippen molar-refractivity contribution in [3.63, 3.8) is 0 Å². The molecule has 2 amide bonds. The summed E-state index contributed by atoms with van der Waals surface area (Å²) in [4.78, 5) is 39.0. The number of fused-ring (bicyclic) bond motifs is 3. The first-order chi connectivity index (χ1) is 16.2. The standard InChI is InChI=1S/C27H30N2O5/c1-26(2)13-14-29(23(26)24(31)32)22(30)15-27(11-12-27)28-25(33)34-16-21-19-9-5-3-7-17(19)18-8-4-6-10-20(18)21/h3-10,21,23H,11-16H2,1-2H3,(H,28,33)(H,31,32). The van der Waals surface area contributed by atoms with E-state index in [1.807, 2.05) is 38.1 Å². The highest BCUT2D eigenvalue weighted by Gasteiger charge is 2.51. The second-order valence-corrected chi connectivity index (χ2v) is 10.5. The number of nitrogens with one attached hydrogen (secondary N) is 1. The average Bonchev–Trinajstić information content (AvgIpc) is 3.34. The summed E-state index contributed by atoms with van der Waals surface area (Å²) >= 11 is 0. The number of hydrogen-bond donors (Lipinski definition) is 2. The van der Waals surface area contributed by atoms with Crippen molar-refractivity contribution in [1.29, 1.82) is 0 Å². The summed E-state index contributed by atoms with van der Waals surface area (Å²) in [7, 11) is 0. The maximum absolute atomic E-state index is 13.0. The molecule has 2 aromatic rings. The molecule has 178 valence electrons. The molecule has 1 unspecified atom stereocenters. The first-order valence-corrected chi connectivity index (χ1v) is 11.9. The van der Waals surface area contributed by atoms with Crippen molar-refractivity contribution in [1.82, 2.24) is 10.2 Å². The van der Waals surface area contributed by atoms with Crippen LogP contribution in [0, 0.1) is 5.41 Å². The zero-order valence-electron chi connectivity index (χ0n) is 19.5. The number of alkyl carbamates (subject to hydrolysis) is 1. The van der Waals surface area contributed by atoms with Gasteiger partial charge in [0.15, 0.2) is 0 Å². The van der Waals surface area contributed by atoms with Crippen LogP contribution in [-0.2, 0) is 14.3 Å². The fourth-order valence-electron chi connectivity index (χ4n) is 5.57. The maximum atomic E-state index is 13.0. The number of hydrogen-bond acceptors (Lipinski definition) is 4. The fourth-order valence-corrected chi connectivity index (χ4v) is 5.57. The van der Waals surface area contributed by atoms with E-state index in [2.05, 4.69) is 29.6 Å². The van der Waals surface area contributed by atoms with Crippen molar-refractivity contribution in [2.45, 2.75) is 57.0 Å². The molecule has 2 aromatic carbocycles. The van der Waals surface area contributed by atoms with Gasteiger partial charge in [-0.15, -0.1) is 0 Å². The Labute approximate surface area is 199 Å². The molecule has 1 saturated carbocycles. The van der Waals surface area contributed by atoms with E-state index in [0.29, 0.717) is 25.8 Å². The highest BCUT2D eigenvalue weighted by atomic mass is 16.5. The Kier molecular flexibility index (Phi) is 5.38. The van der Waals surface area contributed by atoms with Gasteiger partial charge in [-0.05, 0) is 46.9 Å². The fraction of sp³-hybridized carbons (Fsp3) is 0.444. The molecular weight excluding hydrogens is 432 g/mol. The molecule has 0 radical (unpaired) electrons. The van der Waals surface area contributed by atoms with E-state index in [1.165, 1.54) is 4.90 Å². The Hall–Kier alpha value is -3.35. The zero-order valence-corrected chi connectivity index (χ0v) is 19.5. The molecule has 3 aliphatic rings. The van der Waals surface area contributed by atoms with Crippen LogP contribution in [0.25, 0.3) is 11.1 Å². The topological polar surface area (TPSA) is 95.9 Å². The largest absolute Gasteiger partial charge is 0.480 e. The molecule has 5 rings (SSSR count).